The standard InChI is InChI=1S/C14H15ClFNS/c1-14(2,3)12-8-18-13(17-12)6-9-4-5-10(16)7-11(9)15/h4-5,7-8H,6H2,1-3H3. The maximum absolute atomic E-state index is 12.9. The molecule has 1 aromatic heterocycles. The van der Waals surface area contributed by atoms with Crippen LogP contribution in [0.3, 0.4) is 0 Å². The number of halogens is 2. The van der Waals surface area contributed by atoms with Crippen LogP contribution in [0.5, 0.6) is 0 Å². The molecule has 0 fully saturated rings. The van der Waals surface area contributed by atoms with Gasteiger partial charge in [-0.2, -0.15) is 0 Å². The second-order valence-corrected chi connectivity index (χ2v) is 6.64. The topological polar surface area (TPSA) is 12.9 Å². The molecule has 0 atom stereocenters. The van der Waals surface area contributed by atoms with Crippen molar-refractivity contribution in [3.05, 3.63) is 50.7 Å². The van der Waals surface area contributed by atoms with E-state index in [0.717, 1.165) is 16.3 Å². The van der Waals surface area contributed by atoms with Crippen LogP contribution in [-0.2, 0) is 11.8 Å². The lowest BCUT2D eigenvalue weighted by atomic mass is 9.93. The van der Waals surface area contributed by atoms with Gasteiger partial charge in [-0.3, -0.25) is 0 Å². The average molecular weight is 284 g/mol. The van der Waals surface area contributed by atoms with Gasteiger partial charge in [0.15, 0.2) is 0 Å². The van der Waals surface area contributed by atoms with Crippen molar-refractivity contribution in [2.24, 2.45) is 0 Å². The van der Waals surface area contributed by atoms with Crippen LogP contribution in [0, 0.1) is 5.82 Å². The highest BCUT2D eigenvalue weighted by atomic mass is 35.5. The van der Waals surface area contributed by atoms with Crippen LogP contribution in [0.15, 0.2) is 23.6 Å². The first-order chi connectivity index (χ1) is 8.36. The van der Waals surface area contributed by atoms with Crippen molar-refractivity contribution < 1.29 is 4.39 Å². The quantitative estimate of drug-likeness (QED) is 0.770. The monoisotopic (exact) mass is 283 g/mol. The minimum Gasteiger partial charge on any atom is -0.245 e. The van der Waals surface area contributed by atoms with Gasteiger partial charge in [-0.1, -0.05) is 38.4 Å². The van der Waals surface area contributed by atoms with Gasteiger partial charge in [0.1, 0.15) is 5.82 Å². The first-order valence-corrected chi connectivity index (χ1v) is 7.01. The molecule has 0 spiro atoms. The van der Waals surface area contributed by atoms with Crippen LogP contribution < -0.4 is 0 Å². The Balaban J connectivity index is 2.21. The smallest absolute Gasteiger partial charge is 0.124 e. The number of rotatable bonds is 2. The Morgan fingerprint density at radius 1 is 1.33 bits per heavy atom. The lowest BCUT2D eigenvalue weighted by Gasteiger charge is -2.14. The predicted molar refractivity (Wildman–Crippen MR) is 75.0 cm³/mol. The second-order valence-electron chi connectivity index (χ2n) is 5.29. The van der Waals surface area contributed by atoms with E-state index in [4.69, 9.17) is 11.6 Å². The summed E-state index contributed by atoms with van der Waals surface area (Å²) in [5, 5.41) is 3.54. The van der Waals surface area contributed by atoms with E-state index in [-0.39, 0.29) is 11.2 Å². The van der Waals surface area contributed by atoms with Crippen molar-refractivity contribution in [2.45, 2.75) is 32.6 Å². The summed E-state index contributed by atoms with van der Waals surface area (Å²) in [4.78, 5) is 4.61. The molecular weight excluding hydrogens is 269 g/mol. The minimum absolute atomic E-state index is 0.0569. The fourth-order valence-corrected chi connectivity index (χ4v) is 2.84. The molecule has 0 saturated heterocycles. The third-order valence-electron chi connectivity index (χ3n) is 2.68. The molecule has 0 bridgehead atoms. The highest BCUT2D eigenvalue weighted by Gasteiger charge is 2.17. The SMILES string of the molecule is CC(C)(C)c1csc(Cc2ccc(F)cc2Cl)n1. The zero-order chi connectivity index (χ0) is 13.3. The van der Waals surface area contributed by atoms with Gasteiger partial charge < -0.3 is 0 Å². The van der Waals surface area contributed by atoms with Crippen LogP contribution >= 0.6 is 22.9 Å². The fraction of sp³-hybridized carbons (Fsp3) is 0.357. The van der Waals surface area contributed by atoms with E-state index < -0.39 is 0 Å². The van der Waals surface area contributed by atoms with E-state index in [0.29, 0.717) is 11.4 Å². The summed E-state index contributed by atoms with van der Waals surface area (Å²) < 4.78 is 12.9. The second kappa shape index (κ2) is 4.98. The molecule has 96 valence electrons. The van der Waals surface area contributed by atoms with Crippen LogP contribution in [0.4, 0.5) is 4.39 Å². The number of hydrogen-bond acceptors (Lipinski definition) is 2. The van der Waals surface area contributed by atoms with Gasteiger partial charge in [-0.05, 0) is 17.7 Å². The van der Waals surface area contributed by atoms with Crippen LogP contribution in [-0.4, -0.2) is 4.98 Å². The van der Waals surface area contributed by atoms with E-state index in [1.165, 1.54) is 12.1 Å². The van der Waals surface area contributed by atoms with Crippen molar-refractivity contribution in [3.63, 3.8) is 0 Å². The molecule has 1 aromatic carbocycles. The molecule has 0 aliphatic heterocycles. The molecule has 2 rings (SSSR count). The molecule has 0 saturated carbocycles. The minimum atomic E-state index is -0.307. The van der Waals surface area contributed by atoms with Gasteiger partial charge >= 0.3 is 0 Å². The number of nitrogens with zero attached hydrogens (tertiary/aromatic N) is 1. The molecule has 0 aliphatic carbocycles. The number of aromatic nitrogens is 1. The fourth-order valence-electron chi connectivity index (χ4n) is 1.56. The average Bonchev–Trinajstić information content (AvgIpc) is 2.70. The first-order valence-electron chi connectivity index (χ1n) is 5.75. The third-order valence-corrected chi connectivity index (χ3v) is 3.88. The Morgan fingerprint density at radius 2 is 2.06 bits per heavy atom. The van der Waals surface area contributed by atoms with Crippen molar-refractivity contribution in [1.29, 1.82) is 0 Å². The molecular formula is C14H15ClFNS. The van der Waals surface area contributed by atoms with Crippen LogP contribution in [0.25, 0.3) is 0 Å². The summed E-state index contributed by atoms with van der Waals surface area (Å²) in [6.45, 7) is 6.41. The van der Waals surface area contributed by atoms with E-state index in [1.807, 2.05) is 0 Å². The van der Waals surface area contributed by atoms with E-state index in [2.05, 4.69) is 31.1 Å². The molecule has 4 heteroatoms. The first kappa shape index (κ1) is 13.5. The molecule has 2 aromatic rings. The van der Waals surface area contributed by atoms with Gasteiger partial charge in [0.25, 0.3) is 0 Å². The highest BCUT2D eigenvalue weighted by molar-refractivity contribution is 7.09. The summed E-state index contributed by atoms with van der Waals surface area (Å²) >= 11 is 7.63. The van der Waals surface area contributed by atoms with Gasteiger partial charge in [-0.25, -0.2) is 9.37 Å². The predicted octanol–water partition coefficient (Wildman–Crippen LogP) is 4.82. The highest BCUT2D eigenvalue weighted by Crippen LogP contribution is 2.27. The van der Waals surface area contributed by atoms with Gasteiger partial charge in [0.2, 0.25) is 0 Å². The molecule has 1 nitrogen and oxygen atoms in total. The maximum atomic E-state index is 12.9. The van der Waals surface area contributed by atoms with E-state index in [1.54, 1.807) is 17.4 Å². The zero-order valence-corrected chi connectivity index (χ0v) is 12.2. The Labute approximate surface area is 116 Å². The molecule has 0 amide bonds. The molecule has 0 aliphatic rings. The van der Waals surface area contributed by atoms with E-state index >= 15 is 0 Å². The summed E-state index contributed by atoms with van der Waals surface area (Å²) in [5.74, 6) is -0.307. The largest absolute Gasteiger partial charge is 0.245 e. The molecule has 0 unspecified atom stereocenters. The summed E-state index contributed by atoms with van der Waals surface area (Å²) in [6, 6.07) is 4.49. The Morgan fingerprint density at radius 3 is 2.61 bits per heavy atom. The van der Waals surface area contributed by atoms with Crippen LogP contribution in [0.2, 0.25) is 5.02 Å². The lowest BCUT2D eigenvalue weighted by molar-refractivity contribution is 0.571. The van der Waals surface area contributed by atoms with Crippen molar-refractivity contribution >= 4 is 22.9 Å². The molecule has 0 N–H and O–H groups in total. The summed E-state index contributed by atoms with van der Waals surface area (Å²) in [7, 11) is 0. The Kier molecular flexibility index (Phi) is 3.74. The Bertz CT molecular complexity index is 557. The number of benzene rings is 1. The van der Waals surface area contributed by atoms with Crippen molar-refractivity contribution in [1.82, 2.24) is 4.98 Å². The van der Waals surface area contributed by atoms with Gasteiger partial charge in [-0.15, -0.1) is 11.3 Å². The number of hydrogen-bond donors (Lipinski definition) is 0. The van der Waals surface area contributed by atoms with Crippen molar-refractivity contribution in [3.8, 4) is 0 Å². The molecule has 1 heterocycles. The lowest BCUT2D eigenvalue weighted by Crippen LogP contribution is -2.11. The molecule has 0 radical (unpaired) electrons. The van der Waals surface area contributed by atoms with Crippen LogP contribution in [0.1, 0.15) is 37.0 Å². The number of thiazole rings is 1. The summed E-state index contributed by atoms with van der Waals surface area (Å²) in [5.41, 5.74) is 2.05. The molecule has 18 heavy (non-hydrogen) atoms. The zero-order valence-electron chi connectivity index (χ0n) is 10.6. The van der Waals surface area contributed by atoms with E-state index in [9.17, 15) is 4.39 Å². The van der Waals surface area contributed by atoms with Gasteiger partial charge in [0, 0.05) is 22.2 Å². The third kappa shape index (κ3) is 3.09. The maximum Gasteiger partial charge on any atom is 0.124 e. The Hall–Kier alpha value is -0.930. The summed E-state index contributed by atoms with van der Waals surface area (Å²) in [6.07, 6.45) is 0.653. The normalized spacial score (nSPS) is 11.8. The van der Waals surface area contributed by atoms with Crippen molar-refractivity contribution in [2.75, 3.05) is 0 Å². The van der Waals surface area contributed by atoms with Gasteiger partial charge in [0.05, 0.1) is 10.7 Å².